The second-order valence-electron chi connectivity index (χ2n) is 6.32. The van der Waals surface area contributed by atoms with Gasteiger partial charge in [-0.2, -0.15) is 18.3 Å². The van der Waals surface area contributed by atoms with Gasteiger partial charge in [0, 0.05) is 10.7 Å². The largest absolute Gasteiger partial charge is 0.434 e. The number of benzene rings is 2. The molecule has 0 fully saturated rings. The Morgan fingerprint density at radius 3 is 2.45 bits per heavy atom. The number of carbonyl (C=O) groups excluding carboxylic acids is 1. The average Bonchev–Trinajstić information content (AvgIpc) is 3.15. The average molecular weight is 474 g/mol. The lowest BCUT2D eigenvalue weighted by Crippen LogP contribution is -2.21. The number of anilines is 1. The Kier molecular flexibility index (Phi) is 6.39. The summed E-state index contributed by atoms with van der Waals surface area (Å²) in [5.41, 5.74) is -2.02. The lowest BCUT2D eigenvalue weighted by molar-refractivity contribution is -0.143. The van der Waals surface area contributed by atoms with E-state index in [1.807, 2.05) is 0 Å². The van der Waals surface area contributed by atoms with Gasteiger partial charge in [-0.15, -0.1) is 0 Å². The number of hydrogen-bond acceptors (Lipinski definition) is 5. The Morgan fingerprint density at radius 2 is 1.84 bits per heavy atom. The molecule has 3 rings (SSSR count). The number of alkyl halides is 3. The van der Waals surface area contributed by atoms with Gasteiger partial charge in [0.2, 0.25) is 0 Å². The molecule has 31 heavy (non-hydrogen) atoms. The normalized spacial score (nSPS) is 12.0. The fourth-order valence-electron chi connectivity index (χ4n) is 2.77. The minimum absolute atomic E-state index is 0.0311. The summed E-state index contributed by atoms with van der Waals surface area (Å²) in [6.07, 6.45) is -4.13. The topological polar surface area (TPSA) is 101 Å². The molecule has 0 radical (unpaired) electrons. The second kappa shape index (κ2) is 8.69. The predicted octanol–water partition coefficient (Wildman–Crippen LogP) is 3.56. The molecule has 164 valence electrons. The Labute approximate surface area is 180 Å². The van der Waals surface area contributed by atoms with Crippen molar-refractivity contribution >= 4 is 33.0 Å². The zero-order valence-electron chi connectivity index (χ0n) is 15.6. The third-order valence-corrected chi connectivity index (χ3v) is 6.11. The Balaban J connectivity index is 1.97. The van der Waals surface area contributed by atoms with Crippen LogP contribution < -0.4 is 5.32 Å². The summed E-state index contributed by atoms with van der Waals surface area (Å²) < 4.78 is 65.9. The molecule has 0 bridgehead atoms. The van der Waals surface area contributed by atoms with Crippen LogP contribution in [-0.4, -0.2) is 41.6 Å². The molecule has 0 saturated heterocycles. The van der Waals surface area contributed by atoms with Crippen LogP contribution in [0.4, 0.5) is 18.9 Å². The molecule has 0 aliphatic heterocycles. The van der Waals surface area contributed by atoms with Crippen molar-refractivity contribution in [3.8, 4) is 5.69 Å². The van der Waals surface area contributed by atoms with Crippen molar-refractivity contribution in [2.75, 3.05) is 17.7 Å². The van der Waals surface area contributed by atoms with Crippen LogP contribution >= 0.6 is 11.6 Å². The van der Waals surface area contributed by atoms with Gasteiger partial charge in [0.05, 0.1) is 34.7 Å². The van der Waals surface area contributed by atoms with E-state index in [2.05, 4.69) is 10.4 Å². The molecule has 0 unspecified atom stereocenters. The van der Waals surface area contributed by atoms with Crippen molar-refractivity contribution in [3.05, 3.63) is 71.0 Å². The van der Waals surface area contributed by atoms with E-state index in [4.69, 9.17) is 16.7 Å². The molecule has 0 aliphatic carbocycles. The lowest BCUT2D eigenvalue weighted by Gasteiger charge is -2.13. The summed E-state index contributed by atoms with van der Waals surface area (Å²) >= 11 is 5.77. The first-order valence-corrected chi connectivity index (χ1v) is 10.7. The molecule has 1 amide bonds. The summed E-state index contributed by atoms with van der Waals surface area (Å²) in [5.74, 6) is -1.65. The summed E-state index contributed by atoms with van der Waals surface area (Å²) in [6, 6.07) is 10.4. The minimum Gasteiger partial charge on any atom is -0.395 e. The number of carbonyl (C=O) groups is 1. The summed E-state index contributed by atoms with van der Waals surface area (Å²) in [5, 5.41) is 15.1. The van der Waals surface area contributed by atoms with Crippen LogP contribution in [0.5, 0.6) is 0 Å². The molecule has 0 spiro atoms. The summed E-state index contributed by atoms with van der Waals surface area (Å²) in [7, 11) is -3.81. The smallest absolute Gasteiger partial charge is 0.395 e. The standard InChI is InChI=1S/C19H15ClF3N3O4S/c20-12-4-6-14(7-5-12)26-17(19(21,22)23)16(11-24-26)18(28)25-13-2-1-3-15(10-13)31(29,30)9-8-27/h1-7,10-11,27H,8-9H2,(H,25,28). The van der Waals surface area contributed by atoms with E-state index in [0.717, 1.165) is 12.3 Å². The van der Waals surface area contributed by atoms with E-state index >= 15 is 0 Å². The molecular formula is C19H15ClF3N3O4S. The highest BCUT2D eigenvalue weighted by Gasteiger charge is 2.40. The highest BCUT2D eigenvalue weighted by Crippen LogP contribution is 2.34. The first-order valence-electron chi connectivity index (χ1n) is 8.69. The molecule has 12 heteroatoms. The molecule has 3 aromatic rings. The zero-order valence-corrected chi connectivity index (χ0v) is 17.2. The minimum atomic E-state index is -4.91. The van der Waals surface area contributed by atoms with Gasteiger partial charge < -0.3 is 10.4 Å². The van der Waals surface area contributed by atoms with Gasteiger partial charge in [0.15, 0.2) is 15.5 Å². The highest BCUT2D eigenvalue weighted by atomic mass is 35.5. The molecule has 0 aliphatic rings. The third-order valence-electron chi connectivity index (χ3n) is 4.16. The SMILES string of the molecule is O=C(Nc1cccc(S(=O)(=O)CCO)c1)c1cnn(-c2ccc(Cl)cc2)c1C(F)(F)F. The van der Waals surface area contributed by atoms with E-state index in [1.165, 1.54) is 42.5 Å². The van der Waals surface area contributed by atoms with Gasteiger partial charge in [-0.25, -0.2) is 13.1 Å². The van der Waals surface area contributed by atoms with Gasteiger partial charge >= 0.3 is 6.18 Å². The maximum absolute atomic E-state index is 13.7. The molecule has 2 aromatic carbocycles. The first-order chi connectivity index (χ1) is 14.5. The number of nitrogens with zero attached hydrogens (tertiary/aromatic N) is 2. The molecule has 0 atom stereocenters. The van der Waals surface area contributed by atoms with E-state index in [0.29, 0.717) is 9.70 Å². The number of sulfone groups is 1. The first kappa shape index (κ1) is 22.8. The number of amides is 1. The van der Waals surface area contributed by atoms with E-state index in [1.54, 1.807) is 0 Å². The number of halogens is 4. The van der Waals surface area contributed by atoms with Gasteiger partial charge in [0.1, 0.15) is 0 Å². The number of nitrogens with one attached hydrogen (secondary N) is 1. The number of rotatable bonds is 6. The van der Waals surface area contributed by atoms with Crippen LogP contribution in [0.25, 0.3) is 5.69 Å². The highest BCUT2D eigenvalue weighted by molar-refractivity contribution is 7.91. The lowest BCUT2D eigenvalue weighted by atomic mass is 10.2. The van der Waals surface area contributed by atoms with Gasteiger partial charge in [0.25, 0.3) is 5.91 Å². The van der Waals surface area contributed by atoms with Crippen LogP contribution in [-0.2, 0) is 16.0 Å². The Morgan fingerprint density at radius 1 is 1.16 bits per heavy atom. The van der Waals surface area contributed by atoms with Crippen LogP contribution in [0.3, 0.4) is 0 Å². The van der Waals surface area contributed by atoms with E-state index in [9.17, 15) is 26.4 Å². The fourth-order valence-corrected chi connectivity index (χ4v) is 3.96. The maximum Gasteiger partial charge on any atom is 0.434 e. The monoisotopic (exact) mass is 473 g/mol. The fraction of sp³-hybridized carbons (Fsp3) is 0.158. The summed E-state index contributed by atoms with van der Waals surface area (Å²) in [4.78, 5) is 12.4. The second-order valence-corrected chi connectivity index (χ2v) is 8.86. The quantitative estimate of drug-likeness (QED) is 0.570. The van der Waals surface area contributed by atoms with E-state index in [-0.39, 0.29) is 16.3 Å². The predicted molar refractivity (Wildman–Crippen MR) is 107 cm³/mol. The molecule has 0 saturated carbocycles. The van der Waals surface area contributed by atoms with Crippen molar-refractivity contribution in [2.24, 2.45) is 0 Å². The van der Waals surface area contributed by atoms with Crippen LogP contribution in [0, 0.1) is 0 Å². The van der Waals surface area contributed by atoms with Crippen LogP contribution in [0.2, 0.25) is 5.02 Å². The molecular weight excluding hydrogens is 459 g/mol. The molecule has 1 heterocycles. The summed E-state index contributed by atoms with van der Waals surface area (Å²) in [6.45, 7) is -0.599. The number of hydrogen-bond donors (Lipinski definition) is 2. The third kappa shape index (κ3) is 5.06. The van der Waals surface area contributed by atoms with Crippen molar-refractivity contribution in [1.82, 2.24) is 9.78 Å². The van der Waals surface area contributed by atoms with Gasteiger partial charge in [-0.3, -0.25) is 4.79 Å². The van der Waals surface area contributed by atoms with Crippen molar-refractivity contribution in [1.29, 1.82) is 0 Å². The molecule has 2 N–H and O–H groups in total. The number of aliphatic hydroxyl groups excluding tert-OH is 1. The Hall–Kier alpha value is -2.89. The Bertz CT molecular complexity index is 1210. The van der Waals surface area contributed by atoms with Crippen molar-refractivity contribution in [3.63, 3.8) is 0 Å². The van der Waals surface area contributed by atoms with Crippen molar-refractivity contribution in [2.45, 2.75) is 11.1 Å². The number of aliphatic hydroxyl groups is 1. The number of aromatic nitrogens is 2. The molecule has 7 nitrogen and oxygen atoms in total. The van der Waals surface area contributed by atoms with Crippen LogP contribution in [0.1, 0.15) is 16.1 Å². The molecule has 1 aromatic heterocycles. The van der Waals surface area contributed by atoms with Gasteiger partial charge in [-0.1, -0.05) is 17.7 Å². The van der Waals surface area contributed by atoms with E-state index < -0.39 is 45.5 Å². The van der Waals surface area contributed by atoms with Crippen LogP contribution in [0.15, 0.2) is 59.6 Å². The van der Waals surface area contributed by atoms with Gasteiger partial charge in [-0.05, 0) is 42.5 Å². The maximum atomic E-state index is 13.7. The zero-order chi connectivity index (χ0) is 22.8. The van der Waals surface area contributed by atoms with Crippen molar-refractivity contribution < 1.29 is 31.5 Å².